The predicted octanol–water partition coefficient (Wildman–Crippen LogP) is 3.64. The molecule has 11 heteroatoms. The van der Waals surface area contributed by atoms with Crippen molar-refractivity contribution in [3.63, 3.8) is 0 Å². The van der Waals surface area contributed by atoms with Crippen molar-refractivity contribution in [1.29, 1.82) is 0 Å². The Morgan fingerprint density at radius 2 is 1.91 bits per heavy atom. The molecule has 0 saturated carbocycles. The molecule has 7 nitrogen and oxygen atoms in total. The number of nitrogens with two attached hydrogens (primary N) is 1. The zero-order valence-corrected chi connectivity index (χ0v) is 18.7. The zero-order chi connectivity index (χ0) is 24.0. The van der Waals surface area contributed by atoms with Crippen molar-refractivity contribution in [3.05, 3.63) is 68.4 Å². The number of rotatable bonds is 8. The van der Waals surface area contributed by atoms with Gasteiger partial charge >= 0.3 is 11.2 Å². The number of nitrogens with zero attached hydrogens (tertiary/aromatic N) is 2. The highest BCUT2D eigenvalue weighted by Crippen LogP contribution is 2.31. The van der Waals surface area contributed by atoms with E-state index >= 15 is 0 Å². The van der Waals surface area contributed by atoms with E-state index in [0.29, 0.717) is 6.42 Å². The van der Waals surface area contributed by atoms with Gasteiger partial charge in [-0.15, -0.1) is 0 Å². The highest BCUT2D eigenvalue weighted by molar-refractivity contribution is 8.00. The summed E-state index contributed by atoms with van der Waals surface area (Å²) in [5.41, 5.74) is 1.38. The Morgan fingerprint density at radius 3 is 2.55 bits per heavy atom. The highest BCUT2D eigenvalue weighted by atomic mass is 32.2. The number of anilines is 2. The van der Waals surface area contributed by atoms with E-state index in [4.69, 9.17) is 5.73 Å². The fourth-order valence-corrected chi connectivity index (χ4v) is 4.17. The van der Waals surface area contributed by atoms with Gasteiger partial charge in [0.15, 0.2) is 5.69 Å². The lowest BCUT2D eigenvalue weighted by molar-refractivity contribution is -0.116. The fourth-order valence-electron chi connectivity index (χ4n) is 3.73. The molecule has 1 aliphatic carbocycles. The number of allylic oxidation sites excluding steroid dienone is 1. The van der Waals surface area contributed by atoms with Gasteiger partial charge in [-0.3, -0.25) is 19.1 Å². The number of aromatic nitrogens is 2. The van der Waals surface area contributed by atoms with Crippen LogP contribution in [-0.2, 0) is 11.3 Å². The van der Waals surface area contributed by atoms with Crippen LogP contribution in [0, 0.1) is 0 Å². The quantitative estimate of drug-likeness (QED) is 0.560. The Bertz CT molecular complexity index is 1130. The number of benzene rings is 1. The molecule has 1 heterocycles. The van der Waals surface area contributed by atoms with Gasteiger partial charge in [-0.05, 0) is 49.4 Å². The summed E-state index contributed by atoms with van der Waals surface area (Å²) in [5, 5.41) is 0. The summed E-state index contributed by atoms with van der Waals surface area (Å²) in [6, 6.07) is 8.85. The van der Waals surface area contributed by atoms with Gasteiger partial charge in [0.05, 0.1) is 12.3 Å². The Balaban J connectivity index is 1.97. The standard InChI is InChI=1S/C22H25F3N4O3S/c23-22(24,25)33-14-17(30)28(12-11-15-7-3-1-4-8-15)18-19(26)29(21(32)27-20(18)31)13-16-9-5-2-6-10-16/h2,5-7,9-10H,1,3-4,8,11-14,26H2,(H,27,31,32). The third-order valence-electron chi connectivity index (χ3n) is 5.37. The Morgan fingerprint density at radius 1 is 1.18 bits per heavy atom. The Hall–Kier alpha value is -2.95. The molecule has 1 amide bonds. The van der Waals surface area contributed by atoms with Crippen LogP contribution in [0.4, 0.5) is 24.7 Å². The first-order valence-corrected chi connectivity index (χ1v) is 11.5. The number of carbonyl (C=O) groups is 1. The second-order valence-corrected chi connectivity index (χ2v) is 8.74. The lowest BCUT2D eigenvalue weighted by Crippen LogP contribution is -2.42. The molecule has 0 spiro atoms. The summed E-state index contributed by atoms with van der Waals surface area (Å²) in [6.07, 6.45) is 6.25. The molecule has 1 aromatic heterocycles. The molecule has 2 aromatic rings. The second kappa shape index (κ2) is 10.8. The number of nitrogens with one attached hydrogen (secondary N) is 1. The van der Waals surface area contributed by atoms with Gasteiger partial charge in [-0.1, -0.05) is 42.0 Å². The molecule has 0 bridgehead atoms. The molecule has 0 saturated heterocycles. The number of amides is 1. The minimum Gasteiger partial charge on any atom is -0.383 e. The summed E-state index contributed by atoms with van der Waals surface area (Å²) < 4.78 is 39.3. The van der Waals surface area contributed by atoms with Crippen LogP contribution >= 0.6 is 11.8 Å². The minimum absolute atomic E-state index is 0.0140. The van der Waals surface area contributed by atoms with Gasteiger partial charge in [-0.2, -0.15) is 13.2 Å². The number of nitrogen functional groups attached to an aromatic ring is 1. The molecule has 33 heavy (non-hydrogen) atoms. The van der Waals surface area contributed by atoms with E-state index in [1.54, 1.807) is 30.3 Å². The van der Waals surface area contributed by atoms with E-state index in [2.05, 4.69) is 11.1 Å². The first-order valence-electron chi connectivity index (χ1n) is 10.5. The molecule has 1 aliphatic rings. The maximum absolute atomic E-state index is 12.8. The maximum Gasteiger partial charge on any atom is 0.442 e. The van der Waals surface area contributed by atoms with Gasteiger partial charge in [0.1, 0.15) is 5.82 Å². The van der Waals surface area contributed by atoms with Gasteiger partial charge in [-0.25, -0.2) is 4.79 Å². The lowest BCUT2D eigenvalue weighted by atomic mass is 9.97. The zero-order valence-electron chi connectivity index (χ0n) is 17.9. The number of alkyl halides is 3. The summed E-state index contributed by atoms with van der Waals surface area (Å²) in [6.45, 7) is 0.0136. The number of thioether (sulfide) groups is 1. The molecule has 1 aromatic carbocycles. The summed E-state index contributed by atoms with van der Waals surface area (Å²) in [4.78, 5) is 41.0. The molecule has 3 N–H and O–H groups in total. The van der Waals surface area contributed by atoms with Crippen molar-refractivity contribution >= 4 is 29.2 Å². The molecule has 3 rings (SSSR count). The van der Waals surface area contributed by atoms with Crippen molar-refractivity contribution in [1.82, 2.24) is 9.55 Å². The molecule has 0 atom stereocenters. The van der Waals surface area contributed by atoms with Crippen LogP contribution in [0.25, 0.3) is 0 Å². The van der Waals surface area contributed by atoms with Crippen molar-refractivity contribution in [2.24, 2.45) is 0 Å². The Labute approximate surface area is 192 Å². The number of carbonyl (C=O) groups excluding carboxylic acids is 1. The molecule has 0 unspecified atom stereocenters. The highest BCUT2D eigenvalue weighted by Gasteiger charge is 2.32. The average molecular weight is 483 g/mol. The molecule has 0 aliphatic heterocycles. The number of aromatic amines is 1. The number of H-pyrrole nitrogens is 1. The van der Waals surface area contributed by atoms with Crippen LogP contribution in [-0.4, -0.2) is 33.3 Å². The summed E-state index contributed by atoms with van der Waals surface area (Å²) >= 11 is -0.480. The first-order chi connectivity index (χ1) is 15.7. The number of halogens is 3. The molecule has 0 radical (unpaired) electrons. The number of hydrogen-bond acceptors (Lipinski definition) is 5. The predicted molar refractivity (Wildman–Crippen MR) is 123 cm³/mol. The van der Waals surface area contributed by atoms with Crippen LogP contribution in [0.2, 0.25) is 0 Å². The lowest BCUT2D eigenvalue weighted by Gasteiger charge is -2.25. The summed E-state index contributed by atoms with van der Waals surface area (Å²) in [7, 11) is 0. The van der Waals surface area contributed by atoms with Crippen LogP contribution in [0.1, 0.15) is 37.7 Å². The van der Waals surface area contributed by atoms with E-state index in [9.17, 15) is 27.6 Å². The van der Waals surface area contributed by atoms with Gasteiger partial charge in [0, 0.05) is 6.54 Å². The topological polar surface area (TPSA) is 101 Å². The normalized spacial score (nSPS) is 14.1. The minimum atomic E-state index is -4.60. The van der Waals surface area contributed by atoms with Gasteiger partial charge in [0.25, 0.3) is 5.56 Å². The van der Waals surface area contributed by atoms with Crippen LogP contribution in [0.5, 0.6) is 0 Å². The van der Waals surface area contributed by atoms with Gasteiger partial charge < -0.3 is 10.6 Å². The van der Waals surface area contributed by atoms with Crippen LogP contribution in [0.3, 0.4) is 0 Å². The van der Waals surface area contributed by atoms with Crippen molar-refractivity contribution in [3.8, 4) is 0 Å². The van der Waals surface area contributed by atoms with Crippen LogP contribution < -0.4 is 21.9 Å². The molecular formula is C22H25F3N4O3S. The number of hydrogen-bond donors (Lipinski definition) is 2. The van der Waals surface area contributed by atoms with Crippen molar-refractivity contribution < 1.29 is 18.0 Å². The van der Waals surface area contributed by atoms with Crippen LogP contribution in [0.15, 0.2) is 51.6 Å². The monoisotopic (exact) mass is 482 g/mol. The SMILES string of the molecule is Nc1c(N(CCC2=CCCCC2)C(=O)CSC(F)(F)F)c(=O)[nH]c(=O)n1Cc1ccccc1. The molecular weight excluding hydrogens is 457 g/mol. The largest absolute Gasteiger partial charge is 0.442 e. The molecule has 0 fully saturated rings. The van der Waals surface area contributed by atoms with E-state index in [1.165, 1.54) is 0 Å². The third-order valence-corrected chi connectivity index (χ3v) is 6.09. The summed E-state index contributed by atoms with van der Waals surface area (Å²) in [5.74, 6) is -2.08. The van der Waals surface area contributed by atoms with E-state index in [0.717, 1.165) is 46.3 Å². The van der Waals surface area contributed by atoms with E-state index < -0.39 is 40.2 Å². The second-order valence-electron chi connectivity index (χ2n) is 7.70. The van der Waals surface area contributed by atoms with E-state index in [1.807, 2.05) is 0 Å². The van der Waals surface area contributed by atoms with E-state index in [-0.39, 0.29) is 24.6 Å². The smallest absolute Gasteiger partial charge is 0.383 e. The fraction of sp³-hybridized carbons (Fsp3) is 0.409. The van der Waals surface area contributed by atoms with Crippen molar-refractivity contribution in [2.45, 2.75) is 44.2 Å². The third kappa shape index (κ3) is 6.77. The first kappa shape index (κ1) is 24.7. The van der Waals surface area contributed by atoms with Crippen molar-refractivity contribution in [2.75, 3.05) is 22.9 Å². The molecule has 178 valence electrons. The maximum atomic E-state index is 12.8. The Kier molecular flexibility index (Phi) is 8.06. The average Bonchev–Trinajstić information content (AvgIpc) is 2.78. The van der Waals surface area contributed by atoms with Gasteiger partial charge in [0.2, 0.25) is 5.91 Å².